The van der Waals surface area contributed by atoms with Crippen molar-refractivity contribution in [2.24, 2.45) is 0 Å². The monoisotopic (exact) mass is 204 g/mol. The van der Waals surface area contributed by atoms with Gasteiger partial charge in [-0.25, -0.2) is 0 Å². The van der Waals surface area contributed by atoms with Crippen LogP contribution in [0, 0.1) is 0 Å². The molecule has 0 aliphatic heterocycles. The van der Waals surface area contributed by atoms with Crippen LogP contribution in [0.1, 0.15) is 37.4 Å². The summed E-state index contributed by atoms with van der Waals surface area (Å²) in [5.74, 6) is 0.234. The van der Waals surface area contributed by atoms with Gasteiger partial charge in [-0.05, 0) is 25.3 Å². The number of aromatic nitrogens is 1. The Morgan fingerprint density at radius 3 is 2.93 bits per heavy atom. The van der Waals surface area contributed by atoms with Crippen molar-refractivity contribution in [3.8, 4) is 0 Å². The van der Waals surface area contributed by atoms with Crippen LogP contribution in [0.15, 0.2) is 18.3 Å². The van der Waals surface area contributed by atoms with Crippen molar-refractivity contribution in [3.63, 3.8) is 0 Å². The normalized spacial score (nSPS) is 15.5. The first kappa shape index (κ1) is 10.3. The van der Waals surface area contributed by atoms with Gasteiger partial charge >= 0.3 is 0 Å². The predicted octanol–water partition coefficient (Wildman–Crippen LogP) is 1.83. The second-order valence-electron chi connectivity index (χ2n) is 4.37. The standard InChI is InChI=1S/C13H18NO/c1-11(15)10-14-9-5-7-12-6-3-2-4-8-13(12)14/h5,7,9H,2-4,6,8,10H2,1H3/q+1. The minimum absolute atomic E-state index is 0.234. The van der Waals surface area contributed by atoms with Crippen LogP contribution in [-0.2, 0) is 24.2 Å². The summed E-state index contributed by atoms with van der Waals surface area (Å²) in [5.41, 5.74) is 2.82. The Kier molecular flexibility index (Phi) is 3.14. The van der Waals surface area contributed by atoms with E-state index >= 15 is 0 Å². The molecule has 80 valence electrons. The lowest BCUT2D eigenvalue weighted by Gasteiger charge is -2.04. The summed E-state index contributed by atoms with van der Waals surface area (Å²) in [7, 11) is 0. The summed E-state index contributed by atoms with van der Waals surface area (Å²) < 4.78 is 2.13. The maximum Gasteiger partial charge on any atom is 0.206 e. The van der Waals surface area contributed by atoms with E-state index in [-0.39, 0.29) is 5.78 Å². The van der Waals surface area contributed by atoms with E-state index in [0.717, 1.165) is 6.42 Å². The van der Waals surface area contributed by atoms with Gasteiger partial charge in [0.25, 0.3) is 0 Å². The zero-order chi connectivity index (χ0) is 10.7. The molecule has 1 heterocycles. The van der Waals surface area contributed by atoms with Crippen LogP contribution in [0.25, 0.3) is 0 Å². The second kappa shape index (κ2) is 4.56. The van der Waals surface area contributed by atoms with E-state index in [9.17, 15) is 4.79 Å². The first-order valence-corrected chi connectivity index (χ1v) is 5.77. The van der Waals surface area contributed by atoms with E-state index in [1.807, 2.05) is 6.20 Å². The van der Waals surface area contributed by atoms with Crippen LogP contribution in [0.3, 0.4) is 0 Å². The van der Waals surface area contributed by atoms with Crippen molar-refractivity contribution < 1.29 is 9.36 Å². The highest BCUT2D eigenvalue weighted by Crippen LogP contribution is 2.17. The molecule has 0 radical (unpaired) electrons. The van der Waals surface area contributed by atoms with Gasteiger partial charge in [0.2, 0.25) is 6.54 Å². The van der Waals surface area contributed by atoms with Crippen molar-refractivity contribution in [1.82, 2.24) is 0 Å². The molecule has 0 N–H and O–H groups in total. The molecule has 0 saturated heterocycles. The highest BCUT2D eigenvalue weighted by atomic mass is 16.1. The maximum absolute atomic E-state index is 11.2. The number of fused-ring (bicyclic) bond motifs is 1. The molecule has 0 spiro atoms. The topological polar surface area (TPSA) is 20.9 Å². The highest BCUT2D eigenvalue weighted by molar-refractivity contribution is 5.73. The van der Waals surface area contributed by atoms with Crippen LogP contribution in [0.4, 0.5) is 0 Å². The largest absolute Gasteiger partial charge is 0.293 e. The van der Waals surface area contributed by atoms with Crippen molar-refractivity contribution >= 4 is 5.78 Å². The third kappa shape index (κ3) is 2.44. The Bertz CT molecular complexity index is 371. The summed E-state index contributed by atoms with van der Waals surface area (Å²) in [5, 5.41) is 0. The summed E-state index contributed by atoms with van der Waals surface area (Å²) in [6.45, 7) is 2.19. The molecule has 0 bridgehead atoms. The number of Topliss-reactive ketones (excluding diaryl/α,β-unsaturated/α-hetero) is 1. The minimum atomic E-state index is 0.234. The number of nitrogens with zero attached hydrogens (tertiary/aromatic N) is 1. The molecule has 15 heavy (non-hydrogen) atoms. The Labute approximate surface area is 90.9 Å². The van der Waals surface area contributed by atoms with E-state index < -0.39 is 0 Å². The lowest BCUT2D eigenvalue weighted by molar-refractivity contribution is -0.691. The minimum Gasteiger partial charge on any atom is -0.293 e. The quantitative estimate of drug-likeness (QED) is 0.532. The number of ketones is 1. The maximum atomic E-state index is 11.2. The molecule has 0 unspecified atom stereocenters. The van der Waals surface area contributed by atoms with Crippen LogP contribution >= 0.6 is 0 Å². The van der Waals surface area contributed by atoms with Gasteiger partial charge in [-0.2, -0.15) is 4.57 Å². The van der Waals surface area contributed by atoms with Gasteiger partial charge in [0.1, 0.15) is 0 Å². The number of carbonyl (C=O) groups is 1. The van der Waals surface area contributed by atoms with Crippen molar-refractivity contribution in [3.05, 3.63) is 29.6 Å². The van der Waals surface area contributed by atoms with E-state index in [4.69, 9.17) is 0 Å². The highest BCUT2D eigenvalue weighted by Gasteiger charge is 2.18. The van der Waals surface area contributed by atoms with Crippen LogP contribution in [0.2, 0.25) is 0 Å². The third-order valence-electron chi connectivity index (χ3n) is 3.03. The van der Waals surface area contributed by atoms with Crippen molar-refractivity contribution in [1.29, 1.82) is 0 Å². The van der Waals surface area contributed by atoms with Gasteiger partial charge in [0, 0.05) is 25.0 Å². The zero-order valence-corrected chi connectivity index (χ0v) is 9.33. The Morgan fingerprint density at radius 1 is 1.33 bits per heavy atom. The molecular weight excluding hydrogens is 186 g/mol. The summed E-state index contributed by atoms with van der Waals surface area (Å²) in [6.07, 6.45) is 8.20. The van der Waals surface area contributed by atoms with E-state index in [1.165, 1.54) is 36.9 Å². The molecule has 0 fully saturated rings. The molecule has 2 heteroatoms. The first-order chi connectivity index (χ1) is 7.27. The molecule has 0 saturated carbocycles. The fourth-order valence-corrected chi connectivity index (χ4v) is 2.34. The number of carbonyl (C=O) groups excluding carboxylic acids is 1. The van der Waals surface area contributed by atoms with Gasteiger partial charge in [-0.3, -0.25) is 4.79 Å². The van der Waals surface area contributed by atoms with Crippen molar-refractivity contribution in [2.45, 2.75) is 45.6 Å². The molecule has 2 rings (SSSR count). The molecule has 1 aliphatic rings. The lowest BCUT2D eigenvalue weighted by Crippen LogP contribution is -2.41. The number of hydrogen-bond donors (Lipinski definition) is 0. The predicted molar refractivity (Wildman–Crippen MR) is 58.6 cm³/mol. The molecule has 0 amide bonds. The van der Waals surface area contributed by atoms with Crippen molar-refractivity contribution in [2.75, 3.05) is 0 Å². The molecule has 0 aromatic carbocycles. The number of pyridine rings is 1. The molecular formula is C13H18NO+. The van der Waals surface area contributed by atoms with E-state index in [0.29, 0.717) is 6.54 Å². The first-order valence-electron chi connectivity index (χ1n) is 5.77. The smallest absolute Gasteiger partial charge is 0.206 e. The fraction of sp³-hybridized carbons (Fsp3) is 0.538. The summed E-state index contributed by atoms with van der Waals surface area (Å²) >= 11 is 0. The van der Waals surface area contributed by atoms with Crippen LogP contribution < -0.4 is 4.57 Å². The number of hydrogen-bond acceptors (Lipinski definition) is 1. The zero-order valence-electron chi connectivity index (χ0n) is 9.33. The second-order valence-corrected chi connectivity index (χ2v) is 4.37. The fourth-order valence-electron chi connectivity index (χ4n) is 2.34. The summed E-state index contributed by atoms with van der Waals surface area (Å²) in [6, 6.07) is 4.27. The van der Waals surface area contributed by atoms with Crippen LogP contribution in [-0.4, -0.2) is 5.78 Å². The third-order valence-corrected chi connectivity index (χ3v) is 3.03. The Hall–Kier alpha value is -1.18. The van der Waals surface area contributed by atoms with Gasteiger partial charge < -0.3 is 0 Å². The molecule has 1 aromatic heterocycles. The SMILES string of the molecule is CC(=O)C[n+]1cccc2c1CCCCC2. The summed E-state index contributed by atoms with van der Waals surface area (Å²) in [4.78, 5) is 11.2. The van der Waals surface area contributed by atoms with E-state index in [1.54, 1.807) is 6.92 Å². The van der Waals surface area contributed by atoms with Gasteiger partial charge in [0.05, 0.1) is 0 Å². The van der Waals surface area contributed by atoms with Crippen LogP contribution in [0.5, 0.6) is 0 Å². The average molecular weight is 204 g/mol. The van der Waals surface area contributed by atoms with Gasteiger partial charge in [-0.1, -0.05) is 6.42 Å². The number of aryl methyl sites for hydroxylation is 1. The Morgan fingerprint density at radius 2 is 2.13 bits per heavy atom. The molecule has 0 atom stereocenters. The van der Waals surface area contributed by atoms with Gasteiger partial charge in [-0.15, -0.1) is 0 Å². The molecule has 1 aromatic rings. The average Bonchev–Trinajstić information content (AvgIpc) is 2.42. The van der Waals surface area contributed by atoms with E-state index in [2.05, 4.69) is 16.7 Å². The lowest BCUT2D eigenvalue weighted by atomic mass is 10.1. The number of rotatable bonds is 2. The Balaban J connectivity index is 2.34. The van der Waals surface area contributed by atoms with Gasteiger partial charge in [0.15, 0.2) is 17.7 Å². The molecule has 1 aliphatic carbocycles. The molecule has 2 nitrogen and oxygen atoms in total.